The van der Waals surface area contributed by atoms with Crippen LogP contribution in [-0.2, 0) is 17.0 Å². The molecule has 0 aliphatic carbocycles. The SMILES string of the molecule is COC(=O)c1ccc(-c2nc3nc(SCc4ccccc4)[nH]c(=O)c3n2CCOc2ccc(Cl)cc2)cc1. The van der Waals surface area contributed by atoms with Crippen LogP contribution in [0.5, 0.6) is 5.75 Å². The Morgan fingerprint density at radius 2 is 1.74 bits per heavy atom. The number of aromatic nitrogens is 4. The summed E-state index contributed by atoms with van der Waals surface area (Å²) in [6, 6.07) is 23.9. The summed E-state index contributed by atoms with van der Waals surface area (Å²) in [6.07, 6.45) is 0. The number of nitrogens with one attached hydrogen (secondary N) is 1. The number of carbonyl (C=O) groups excluding carboxylic acids is 1. The van der Waals surface area contributed by atoms with E-state index in [0.29, 0.717) is 50.8 Å². The fraction of sp³-hybridized carbons (Fsp3) is 0.143. The topological polar surface area (TPSA) is 99.1 Å². The molecule has 2 aromatic heterocycles. The molecule has 1 N–H and O–H groups in total. The largest absolute Gasteiger partial charge is 0.492 e. The van der Waals surface area contributed by atoms with Crippen molar-refractivity contribution in [3.63, 3.8) is 0 Å². The van der Waals surface area contributed by atoms with Crippen LogP contribution in [0.25, 0.3) is 22.6 Å². The zero-order chi connectivity index (χ0) is 26.5. The number of hydrogen-bond acceptors (Lipinski definition) is 7. The van der Waals surface area contributed by atoms with Crippen molar-refractivity contribution in [3.8, 4) is 17.1 Å². The lowest BCUT2D eigenvalue weighted by Gasteiger charge is -2.11. The van der Waals surface area contributed by atoms with E-state index in [1.165, 1.54) is 18.9 Å². The molecule has 192 valence electrons. The van der Waals surface area contributed by atoms with E-state index < -0.39 is 5.97 Å². The molecule has 0 radical (unpaired) electrons. The van der Waals surface area contributed by atoms with E-state index >= 15 is 0 Å². The van der Waals surface area contributed by atoms with Crippen molar-refractivity contribution in [2.75, 3.05) is 13.7 Å². The minimum atomic E-state index is -0.431. The van der Waals surface area contributed by atoms with Crippen LogP contribution in [0.3, 0.4) is 0 Å². The number of carbonyl (C=O) groups is 1. The van der Waals surface area contributed by atoms with E-state index in [0.717, 1.165) is 11.1 Å². The average Bonchev–Trinajstić information content (AvgIpc) is 3.32. The number of hydrogen-bond donors (Lipinski definition) is 1. The van der Waals surface area contributed by atoms with Gasteiger partial charge in [-0.05, 0) is 42.0 Å². The van der Waals surface area contributed by atoms with E-state index in [9.17, 15) is 9.59 Å². The van der Waals surface area contributed by atoms with Crippen molar-refractivity contribution in [1.82, 2.24) is 19.5 Å². The van der Waals surface area contributed by atoms with Crippen molar-refractivity contribution in [3.05, 3.63) is 105 Å². The number of thioether (sulfide) groups is 1. The second-order valence-corrected chi connectivity index (χ2v) is 9.68. The standard InChI is InChI=1S/C28H23ClN4O4S/c1-36-27(35)20-9-7-19(8-10-20)25-30-24-23(33(25)15-16-37-22-13-11-21(29)12-14-22)26(34)32-28(31-24)38-17-18-5-3-2-4-6-18/h2-14H,15-17H2,1H3,(H,31,32,34). The molecule has 0 saturated heterocycles. The summed E-state index contributed by atoms with van der Waals surface area (Å²) in [7, 11) is 1.34. The third-order valence-electron chi connectivity index (χ3n) is 5.77. The number of nitrogens with zero attached hydrogens (tertiary/aromatic N) is 3. The van der Waals surface area contributed by atoms with Gasteiger partial charge in [-0.25, -0.2) is 14.8 Å². The first-order chi connectivity index (χ1) is 18.5. The fourth-order valence-electron chi connectivity index (χ4n) is 3.91. The Hall–Kier alpha value is -4.08. The summed E-state index contributed by atoms with van der Waals surface area (Å²) in [4.78, 5) is 37.4. The number of aromatic amines is 1. The molecule has 5 aromatic rings. The Kier molecular flexibility index (Phi) is 7.76. The fourth-order valence-corrected chi connectivity index (χ4v) is 4.85. The minimum absolute atomic E-state index is 0.282. The monoisotopic (exact) mass is 546 g/mol. The zero-order valence-electron chi connectivity index (χ0n) is 20.4. The number of methoxy groups -OCH3 is 1. The number of ether oxygens (including phenoxy) is 2. The molecule has 0 saturated carbocycles. The first kappa shape index (κ1) is 25.6. The van der Waals surface area contributed by atoms with E-state index in [1.54, 1.807) is 53.1 Å². The second-order valence-electron chi connectivity index (χ2n) is 8.28. The minimum Gasteiger partial charge on any atom is -0.492 e. The first-order valence-electron chi connectivity index (χ1n) is 11.8. The van der Waals surface area contributed by atoms with Gasteiger partial charge in [0.2, 0.25) is 0 Å². The Bertz CT molecular complexity index is 1620. The van der Waals surface area contributed by atoms with Gasteiger partial charge in [-0.2, -0.15) is 0 Å². The van der Waals surface area contributed by atoms with Crippen LogP contribution in [-0.4, -0.2) is 39.2 Å². The van der Waals surface area contributed by atoms with Gasteiger partial charge in [-0.15, -0.1) is 0 Å². The zero-order valence-corrected chi connectivity index (χ0v) is 22.0. The van der Waals surface area contributed by atoms with Gasteiger partial charge in [-0.1, -0.05) is 65.8 Å². The van der Waals surface area contributed by atoms with E-state index in [-0.39, 0.29) is 12.2 Å². The maximum absolute atomic E-state index is 13.2. The molecule has 8 nitrogen and oxygen atoms in total. The molecular formula is C28H23ClN4O4S. The van der Waals surface area contributed by atoms with Gasteiger partial charge in [0.25, 0.3) is 5.56 Å². The van der Waals surface area contributed by atoms with Crippen molar-refractivity contribution in [2.45, 2.75) is 17.5 Å². The van der Waals surface area contributed by atoms with Crippen molar-refractivity contribution in [1.29, 1.82) is 0 Å². The smallest absolute Gasteiger partial charge is 0.337 e. The third kappa shape index (κ3) is 5.74. The molecule has 0 atom stereocenters. The molecule has 0 amide bonds. The molecule has 0 aliphatic rings. The molecule has 5 rings (SSSR count). The Balaban J connectivity index is 1.48. The van der Waals surface area contributed by atoms with Crippen molar-refractivity contribution in [2.24, 2.45) is 0 Å². The summed E-state index contributed by atoms with van der Waals surface area (Å²) < 4.78 is 12.5. The van der Waals surface area contributed by atoms with Crippen molar-refractivity contribution < 1.29 is 14.3 Å². The van der Waals surface area contributed by atoms with Crippen LogP contribution in [0.15, 0.2) is 88.8 Å². The first-order valence-corrected chi connectivity index (χ1v) is 13.1. The van der Waals surface area contributed by atoms with Gasteiger partial charge in [0, 0.05) is 16.3 Å². The maximum atomic E-state index is 13.2. The molecular weight excluding hydrogens is 524 g/mol. The number of benzene rings is 3. The van der Waals surface area contributed by atoms with Gasteiger partial charge >= 0.3 is 5.97 Å². The Morgan fingerprint density at radius 3 is 2.45 bits per heavy atom. The number of rotatable bonds is 9. The highest BCUT2D eigenvalue weighted by atomic mass is 35.5. The highest BCUT2D eigenvalue weighted by Crippen LogP contribution is 2.25. The quantitative estimate of drug-likeness (QED) is 0.146. The molecule has 0 bridgehead atoms. The summed E-state index contributed by atoms with van der Waals surface area (Å²) in [5, 5.41) is 1.11. The summed E-state index contributed by atoms with van der Waals surface area (Å²) in [5.74, 6) is 1.43. The maximum Gasteiger partial charge on any atom is 0.337 e. The van der Waals surface area contributed by atoms with Crippen LogP contribution < -0.4 is 10.3 Å². The summed E-state index contributed by atoms with van der Waals surface area (Å²) in [6.45, 7) is 0.624. The lowest BCUT2D eigenvalue weighted by molar-refractivity contribution is 0.0600. The highest BCUT2D eigenvalue weighted by Gasteiger charge is 2.19. The molecule has 0 aliphatic heterocycles. The van der Waals surface area contributed by atoms with Gasteiger partial charge < -0.3 is 14.0 Å². The Labute approximate surface area is 227 Å². The van der Waals surface area contributed by atoms with Gasteiger partial charge in [0.15, 0.2) is 16.3 Å². The molecule has 0 fully saturated rings. The van der Waals surface area contributed by atoms with Crippen LogP contribution in [0, 0.1) is 0 Å². The van der Waals surface area contributed by atoms with Crippen LogP contribution in [0.2, 0.25) is 5.02 Å². The van der Waals surface area contributed by atoms with E-state index in [2.05, 4.69) is 9.97 Å². The molecule has 38 heavy (non-hydrogen) atoms. The van der Waals surface area contributed by atoms with Crippen LogP contribution in [0.1, 0.15) is 15.9 Å². The molecule has 2 heterocycles. The van der Waals surface area contributed by atoms with E-state index in [1.807, 2.05) is 30.3 Å². The predicted octanol–water partition coefficient (Wildman–Crippen LogP) is 5.60. The molecule has 3 aromatic carbocycles. The number of halogens is 1. The molecule has 0 unspecified atom stereocenters. The van der Waals surface area contributed by atoms with Gasteiger partial charge in [-0.3, -0.25) is 9.78 Å². The highest BCUT2D eigenvalue weighted by molar-refractivity contribution is 7.98. The molecule has 10 heteroatoms. The van der Waals surface area contributed by atoms with Crippen molar-refractivity contribution >= 4 is 40.5 Å². The number of fused-ring (bicyclic) bond motifs is 1. The van der Waals surface area contributed by atoms with Crippen LogP contribution in [0.4, 0.5) is 0 Å². The summed E-state index contributed by atoms with van der Waals surface area (Å²) in [5.41, 5.74) is 2.66. The van der Waals surface area contributed by atoms with E-state index in [4.69, 9.17) is 26.1 Å². The second kappa shape index (κ2) is 11.5. The van der Waals surface area contributed by atoms with Gasteiger partial charge in [0.1, 0.15) is 18.2 Å². The Morgan fingerprint density at radius 1 is 1.00 bits per heavy atom. The molecule has 0 spiro atoms. The third-order valence-corrected chi connectivity index (χ3v) is 6.97. The number of H-pyrrole nitrogens is 1. The number of esters is 1. The van der Waals surface area contributed by atoms with Crippen LogP contribution >= 0.6 is 23.4 Å². The lowest BCUT2D eigenvalue weighted by Crippen LogP contribution is -2.16. The summed E-state index contributed by atoms with van der Waals surface area (Å²) >= 11 is 7.40. The normalized spacial score (nSPS) is 11.0. The lowest BCUT2D eigenvalue weighted by atomic mass is 10.1. The van der Waals surface area contributed by atoms with Gasteiger partial charge in [0.05, 0.1) is 19.2 Å². The number of imidazole rings is 1. The predicted molar refractivity (Wildman–Crippen MR) is 148 cm³/mol. The average molecular weight is 547 g/mol.